The Kier molecular flexibility index (Phi) is 4.49. The monoisotopic (exact) mass is 209 g/mol. The third-order valence-electron chi connectivity index (χ3n) is 4.15. The van der Waals surface area contributed by atoms with Gasteiger partial charge >= 0.3 is 0 Å². The molecule has 1 atom stereocenters. The standard InChI is InChI=1S/C14H27N/c1-12(11-14-7-8-14)15-10-9-13-5-3-2-4-6-13/h12-15H,2-11H2,1H3. The molecule has 0 heterocycles. The van der Waals surface area contributed by atoms with E-state index < -0.39 is 0 Å². The normalized spacial score (nSPS) is 25.4. The first kappa shape index (κ1) is 11.4. The topological polar surface area (TPSA) is 12.0 Å². The maximum Gasteiger partial charge on any atom is 0.00413 e. The van der Waals surface area contributed by atoms with Crippen LogP contribution in [0.4, 0.5) is 0 Å². The first-order chi connectivity index (χ1) is 7.34. The van der Waals surface area contributed by atoms with Crippen molar-refractivity contribution < 1.29 is 0 Å². The van der Waals surface area contributed by atoms with Crippen molar-refractivity contribution in [3.05, 3.63) is 0 Å². The molecule has 2 saturated carbocycles. The molecule has 0 aromatic heterocycles. The molecule has 1 nitrogen and oxygen atoms in total. The Morgan fingerprint density at radius 3 is 2.40 bits per heavy atom. The molecule has 2 fully saturated rings. The van der Waals surface area contributed by atoms with Crippen LogP contribution >= 0.6 is 0 Å². The lowest BCUT2D eigenvalue weighted by Gasteiger charge is -2.22. The lowest BCUT2D eigenvalue weighted by molar-refractivity contribution is 0.326. The van der Waals surface area contributed by atoms with Crippen LogP contribution in [-0.4, -0.2) is 12.6 Å². The molecule has 15 heavy (non-hydrogen) atoms. The minimum Gasteiger partial charge on any atom is -0.314 e. The minimum atomic E-state index is 0.765. The van der Waals surface area contributed by atoms with Gasteiger partial charge in [0.15, 0.2) is 0 Å². The van der Waals surface area contributed by atoms with Crippen molar-refractivity contribution in [3.63, 3.8) is 0 Å². The number of nitrogens with one attached hydrogen (secondary N) is 1. The van der Waals surface area contributed by atoms with Crippen molar-refractivity contribution in [1.29, 1.82) is 0 Å². The molecular formula is C14H27N. The third-order valence-corrected chi connectivity index (χ3v) is 4.15. The number of hydrogen-bond donors (Lipinski definition) is 1. The van der Waals surface area contributed by atoms with Crippen LogP contribution in [0.25, 0.3) is 0 Å². The molecule has 0 amide bonds. The summed E-state index contributed by atoms with van der Waals surface area (Å²) in [6, 6.07) is 0.765. The van der Waals surface area contributed by atoms with Gasteiger partial charge in [-0.15, -0.1) is 0 Å². The van der Waals surface area contributed by atoms with E-state index in [0.717, 1.165) is 17.9 Å². The van der Waals surface area contributed by atoms with E-state index in [-0.39, 0.29) is 0 Å². The Morgan fingerprint density at radius 2 is 1.73 bits per heavy atom. The molecule has 2 rings (SSSR count). The summed E-state index contributed by atoms with van der Waals surface area (Å²) in [6.07, 6.45) is 13.3. The van der Waals surface area contributed by atoms with Gasteiger partial charge in [-0.25, -0.2) is 0 Å². The van der Waals surface area contributed by atoms with Gasteiger partial charge < -0.3 is 5.32 Å². The van der Waals surface area contributed by atoms with Crippen LogP contribution in [0.1, 0.15) is 64.7 Å². The fraction of sp³-hybridized carbons (Fsp3) is 1.00. The van der Waals surface area contributed by atoms with E-state index in [2.05, 4.69) is 12.2 Å². The van der Waals surface area contributed by atoms with Crippen LogP contribution < -0.4 is 5.32 Å². The molecule has 0 aliphatic heterocycles. The van der Waals surface area contributed by atoms with Crippen molar-refractivity contribution in [3.8, 4) is 0 Å². The Hall–Kier alpha value is -0.0400. The Bertz CT molecular complexity index is 168. The van der Waals surface area contributed by atoms with Crippen LogP contribution in [0.5, 0.6) is 0 Å². The zero-order valence-corrected chi connectivity index (χ0v) is 10.3. The van der Waals surface area contributed by atoms with Gasteiger partial charge in [0.25, 0.3) is 0 Å². The lowest BCUT2D eigenvalue weighted by atomic mass is 9.87. The fourth-order valence-corrected chi connectivity index (χ4v) is 2.95. The van der Waals surface area contributed by atoms with Gasteiger partial charge in [-0.1, -0.05) is 44.9 Å². The van der Waals surface area contributed by atoms with Gasteiger partial charge in [0.1, 0.15) is 0 Å². The van der Waals surface area contributed by atoms with E-state index in [9.17, 15) is 0 Å². The van der Waals surface area contributed by atoms with Crippen molar-refractivity contribution in [2.24, 2.45) is 11.8 Å². The summed E-state index contributed by atoms with van der Waals surface area (Å²) in [5, 5.41) is 3.70. The van der Waals surface area contributed by atoms with Crippen LogP contribution in [0.15, 0.2) is 0 Å². The second-order valence-electron chi connectivity index (χ2n) is 5.83. The highest BCUT2D eigenvalue weighted by Crippen LogP contribution is 2.33. The van der Waals surface area contributed by atoms with E-state index in [1.807, 2.05) is 0 Å². The first-order valence-corrected chi connectivity index (χ1v) is 7.08. The molecule has 88 valence electrons. The van der Waals surface area contributed by atoms with Gasteiger partial charge in [-0.3, -0.25) is 0 Å². The van der Waals surface area contributed by atoms with E-state index in [0.29, 0.717) is 0 Å². The summed E-state index contributed by atoms with van der Waals surface area (Å²) < 4.78 is 0. The predicted octanol–water partition coefficient (Wildman–Crippen LogP) is 3.74. The number of hydrogen-bond acceptors (Lipinski definition) is 1. The molecule has 1 unspecified atom stereocenters. The van der Waals surface area contributed by atoms with Crippen LogP contribution in [0, 0.1) is 11.8 Å². The molecule has 0 spiro atoms. The zero-order valence-electron chi connectivity index (χ0n) is 10.3. The predicted molar refractivity (Wildman–Crippen MR) is 66.0 cm³/mol. The van der Waals surface area contributed by atoms with Gasteiger partial charge in [0.05, 0.1) is 0 Å². The zero-order chi connectivity index (χ0) is 10.5. The summed E-state index contributed by atoms with van der Waals surface area (Å²) in [5.41, 5.74) is 0. The summed E-state index contributed by atoms with van der Waals surface area (Å²) in [4.78, 5) is 0. The summed E-state index contributed by atoms with van der Waals surface area (Å²) >= 11 is 0. The summed E-state index contributed by atoms with van der Waals surface area (Å²) in [5.74, 6) is 2.11. The van der Waals surface area contributed by atoms with Crippen molar-refractivity contribution in [1.82, 2.24) is 5.32 Å². The summed E-state index contributed by atoms with van der Waals surface area (Å²) in [6.45, 7) is 3.62. The molecule has 2 aliphatic carbocycles. The third kappa shape index (κ3) is 4.55. The second kappa shape index (κ2) is 5.89. The molecule has 0 saturated heterocycles. The van der Waals surface area contributed by atoms with Crippen molar-refractivity contribution in [2.45, 2.75) is 70.8 Å². The fourth-order valence-electron chi connectivity index (χ4n) is 2.95. The van der Waals surface area contributed by atoms with Crippen molar-refractivity contribution in [2.75, 3.05) is 6.54 Å². The highest BCUT2D eigenvalue weighted by molar-refractivity contribution is 4.78. The van der Waals surface area contributed by atoms with Crippen LogP contribution in [-0.2, 0) is 0 Å². The maximum atomic E-state index is 3.70. The molecule has 0 radical (unpaired) electrons. The van der Waals surface area contributed by atoms with E-state index in [1.165, 1.54) is 64.3 Å². The number of rotatable bonds is 6. The minimum absolute atomic E-state index is 0.765. The van der Waals surface area contributed by atoms with Gasteiger partial charge in [-0.2, -0.15) is 0 Å². The highest BCUT2D eigenvalue weighted by atomic mass is 14.9. The quantitative estimate of drug-likeness (QED) is 0.703. The maximum absolute atomic E-state index is 3.70. The Labute approximate surface area is 95.0 Å². The molecule has 1 N–H and O–H groups in total. The summed E-state index contributed by atoms with van der Waals surface area (Å²) in [7, 11) is 0. The molecule has 0 bridgehead atoms. The average Bonchev–Trinajstić information content (AvgIpc) is 3.03. The van der Waals surface area contributed by atoms with Gasteiger partial charge in [0, 0.05) is 6.04 Å². The van der Waals surface area contributed by atoms with Crippen molar-refractivity contribution >= 4 is 0 Å². The molecular weight excluding hydrogens is 182 g/mol. The molecule has 0 aromatic carbocycles. The SMILES string of the molecule is CC(CC1CC1)NCCC1CCCCC1. The van der Waals surface area contributed by atoms with Gasteiger partial charge in [-0.05, 0) is 38.1 Å². The Morgan fingerprint density at radius 1 is 1.00 bits per heavy atom. The van der Waals surface area contributed by atoms with Gasteiger partial charge in [0.2, 0.25) is 0 Å². The van der Waals surface area contributed by atoms with E-state index >= 15 is 0 Å². The largest absolute Gasteiger partial charge is 0.314 e. The van der Waals surface area contributed by atoms with E-state index in [4.69, 9.17) is 0 Å². The Balaban J connectivity index is 1.49. The molecule has 0 aromatic rings. The lowest BCUT2D eigenvalue weighted by Crippen LogP contribution is -2.29. The second-order valence-corrected chi connectivity index (χ2v) is 5.83. The average molecular weight is 209 g/mol. The smallest absolute Gasteiger partial charge is 0.00413 e. The highest BCUT2D eigenvalue weighted by Gasteiger charge is 2.23. The van der Waals surface area contributed by atoms with E-state index in [1.54, 1.807) is 0 Å². The molecule has 1 heteroatoms. The first-order valence-electron chi connectivity index (χ1n) is 7.08. The van der Waals surface area contributed by atoms with Crippen LogP contribution in [0.2, 0.25) is 0 Å². The van der Waals surface area contributed by atoms with Crippen LogP contribution in [0.3, 0.4) is 0 Å². The molecule has 2 aliphatic rings.